The molecule has 0 saturated heterocycles. The van der Waals surface area contributed by atoms with E-state index in [9.17, 15) is 0 Å². The van der Waals surface area contributed by atoms with Crippen molar-refractivity contribution in [2.75, 3.05) is 18.5 Å². The summed E-state index contributed by atoms with van der Waals surface area (Å²) in [6.07, 6.45) is 7.37. The van der Waals surface area contributed by atoms with Crippen molar-refractivity contribution in [2.45, 2.75) is 19.8 Å². The van der Waals surface area contributed by atoms with Crippen molar-refractivity contribution < 1.29 is 4.74 Å². The molecule has 0 atom stereocenters. The fraction of sp³-hybridized carbons (Fsp3) is 0.429. The number of hydrogen-bond donors (Lipinski definition) is 1. The summed E-state index contributed by atoms with van der Waals surface area (Å²) in [5.41, 5.74) is 0. The highest BCUT2D eigenvalue weighted by Gasteiger charge is 2.04. The van der Waals surface area contributed by atoms with Crippen LogP contribution in [0.2, 0.25) is 0 Å². The van der Waals surface area contributed by atoms with E-state index in [0.717, 1.165) is 36.8 Å². The molecule has 2 aromatic heterocycles. The molecule has 0 aliphatic carbocycles. The zero-order valence-corrected chi connectivity index (χ0v) is 11.5. The van der Waals surface area contributed by atoms with Crippen molar-refractivity contribution in [3.63, 3.8) is 0 Å². The quantitative estimate of drug-likeness (QED) is 0.829. The molecule has 5 heteroatoms. The summed E-state index contributed by atoms with van der Waals surface area (Å²) in [6.45, 7) is 3.58. The fourth-order valence-electron chi connectivity index (χ4n) is 1.78. The van der Waals surface area contributed by atoms with Crippen molar-refractivity contribution >= 4 is 5.82 Å². The van der Waals surface area contributed by atoms with Crippen LogP contribution in [0.5, 0.6) is 5.75 Å². The zero-order valence-electron chi connectivity index (χ0n) is 11.5. The molecule has 1 N–H and O–H groups in total. The largest absolute Gasteiger partial charge is 0.490 e. The first-order valence-electron chi connectivity index (χ1n) is 6.59. The average Bonchev–Trinajstić information content (AvgIpc) is 2.83. The van der Waals surface area contributed by atoms with Crippen LogP contribution in [0, 0.1) is 0 Å². The van der Waals surface area contributed by atoms with Crippen LogP contribution < -0.4 is 10.1 Å². The molecule has 2 heterocycles. The summed E-state index contributed by atoms with van der Waals surface area (Å²) < 4.78 is 7.67. The smallest absolute Gasteiger partial charge is 0.168 e. The van der Waals surface area contributed by atoms with Crippen LogP contribution in [-0.4, -0.2) is 27.7 Å². The third-order valence-corrected chi connectivity index (χ3v) is 2.79. The van der Waals surface area contributed by atoms with E-state index in [1.54, 1.807) is 6.20 Å². The van der Waals surface area contributed by atoms with Crippen molar-refractivity contribution in [3.05, 3.63) is 36.5 Å². The maximum Gasteiger partial charge on any atom is 0.168 e. The standard InChI is InChI=1S/C14H20N4O/c1-3-11-19-12-5-4-7-16-14(12)17-8-6-13-15-9-10-18(13)2/h4-5,7,9-10H,3,6,8,11H2,1-2H3,(H,16,17). The molecule has 0 aliphatic heterocycles. The van der Waals surface area contributed by atoms with Crippen molar-refractivity contribution in [1.82, 2.24) is 14.5 Å². The second-order valence-electron chi connectivity index (χ2n) is 4.33. The number of aryl methyl sites for hydroxylation is 1. The van der Waals surface area contributed by atoms with Gasteiger partial charge in [0.25, 0.3) is 0 Å². The van der Waals surface area contributed by atoms with Gasteiger partial charge in [0.15, 0.2) is 11.6 Å². The van der Waals surface area contributed by atoms with Crippen LogP contribution in [0.15, 0.2) is 30.7 Å². The maximum absolute atomic E-state index is 5.65. The predicted octanol–water partition coefficient (Wildman–Crippen LogP) is 2.26. The lowest BCUT2D eigenvalue weighted by Gasteiger charge is -2.11. The van der Waals surface area contributed by atoms with Crippen LogP contribution in [0.4, 0.5) is 5.82 Å². The molecule has 0 aliphatic rings. The van der Waals surface area contributed by atoms with E-state index in [1.807, 2.05) is 36.1 Å². The summed E-state index contributed by atoms with van der Waals surface area (Å²) in [4.78, 5) is 8.60. The van der Waals surface area contributed by atoms with E-state index in [0.29, 0.717) is 6.61 Å². The molecule has 0 spiro atoms. The van der Waals surface area contributed by atoms with Gasteiger partial charge in [-0.15, -0.1) is 0 Å². The second-order valence-corrected chi connectivity index (χ2v) is 4.33. The Morgan fingerprint density at radius 1 is 1.32 bits per heavy atom. The lowest BCUT2D eigenvalue weighted by Crippen LogP contribution is -2.10. The molecule has 5 nitrogen and oxygen atoms in total. The van der Waals surface area contributed by atoms with Crippen molar-refractivity contribution in [2.24, 2.45) is 7.05 Å². The van der Waals surface area contributed by atoms with Gasteiger partial charge >= 0.3 is 0 Å². The third kappa shape index (κ3) is 3.71. The molecule has 0 amide bonds. The number of imidazole rings is 1. The molecule has 0 aromatic carbocycles. The Morgan fingerprint density at radius 2 is 2.21 bits per heavy atom. The monoisotopic (exact) mass is 260 g/mol. The number of nitrogens with zero attached hydrogens (tertiary/aromatic N) is 3. The number of anilines is 1. The van der Waals surface area contributed by atoms with E-state index in [1.165, 1.54) is 0 Å². The molecule has 19 heavy (non-hydrogen) atoms. The number of aromatic nitrogens is 3. The minimum absolute atomic E-state index is 0.708. The molecular weight excluding hydrogens is 240 g/mol. The minimum atomic E-state index is 0.708. The zero-order chi connectivity index (χ0) is 13.5. The van der Waals surface area contributed by atoms with Gasteiger partial charge in [0, 0.05) is 38.6 Å². The lowest BCUT2D eigenvalue weighted by molar-refractivity contribution is 0.318. The topological polar surface area (TPSA) is 52.0 Å². The Bertz CT molecular complexity index is 510. The van der Waals surface area contributed by atoms with Gasteiger partial charge in [0.05, 0.1) is 6.61 Å². The molecule has 102 valence electrons. The summed E-state index contributed by atoms with van der Waals surface area (Å²) in [5, 5.41) is 3.30. The molecule has 0 unspecified atom stereocenters. The molecule has 0 bridgehead atoms. The normalized spacial score (nSPS) is 10.4. The van der Waals surface area contributed by atoms with Crippen LogP contribution in [0.1, 0.15) is 19.2 Å². The van der Waals surface area contributed by atoms with Crippen molar-refractivity contribution in [3.8, 4) is 5.75 Å². The second kappa shape index (κ2) is 6.78. The molecule has 0 radical (unpaired) electrons. The highest BCUT2D eigenvalue weighted by Crippen LogP contribution is 2.20. The summed E-state index contributed by atoms with van der Waals surface area (Å²) in [5.74, 6) is 2.66. The third-order valence-electron chi connectivity index (χ3n) is 2.79. The Labute approximate surface area is 113 Å². The Morgan fingerprint density at radius 3 is 2.95 bits per heavy atom. The minimum Gasteiger partial charge on any atom is -0.490 e. The molecule has 0 saturated carbocycles. The first-order chi connectivity index (χ1) is 9.31. The van der Waals surface area contributed by atoms with E-state index in [4.69, 9.17) is 4.74 Å². The average molecular weight is 260 g/mol. The molecule has 2 rings (SSSR count). The predicted molar refractivity (Wildman–Crippen MR) is 75.4 cm³/mol. The van der Waals surface area contributed by atoms with E-state index < -0.39 is 0 Å². The van der Waals surface area contributed by atoms with Crippen LogP contribution in [-0.2, 0) is 13.5 Å². The first kappa shape index (κ1) is 13.4. The molecule has 2 aromatic rings. The summed E-state index contributed by atoms with van der Waals surface area (Å²) in [7, 11) is 2.00. The van der Waals surface area contributed by atoms with Crippen LogP contribution >= 0.6 is 0 Å². The van der Waals surface area contributed by atoms with Crippen molar-refractivity contribution in [1.29, 1.82) is 0 Å². The Kier molecular flexibility index (Phi) is 4.78. The van der Waals surface area contributed by atoms with E-state index in [2.05, 4.69) is 22.2 Å². The van der Waals surface area contributed by atoms with Gasteiger partial charge < -0.3 is 14.6 Å². The summed E-state index contributed by atoms with van der Waals surface area (Å²) >= 11 is 0. The Hall–Kier alpha value is -2.04. The van der Waals surface area contributed by atoms with Crippen LogP contribution in [0.3, 0.4) is 0 Å². The fourth-order valence-corrected chi connectivity index (χ4v) is 1.78. The number of pyridine rings is 1. The van der Waals surface area contributed by atoms with Gasteiger partial charge in [-0.3, -0.25) is 0 Å². The van der Waals surface area contributed by atoms with E-state index >= 15 is 0 Å². The van der Waals surface area contributed by atoms with Gasteiger partial charge in [-0.1, -0.05) is 6.92 Å². The highest BCUT2D eigenvalue weighted by atomic mass is 16.5. The SMILES string of the molecule is CCCOc1cccnc1NCCc1nccn1C. The van der Waals surface area contributed by atoms with Gasteiger partial charge in [-0.2, -0.15) is 0 Å². The number of ether oxygens (including phenoxy) is 1. The Balaban J connectivity index is 1.90. The number of rotatable bonds is 7. The molecule has 0 fully saturated rings. The summed E-state index contributed by atoms with van der Waals surface area (Å²) in [6, 6.07) is 3.82. The van der Waals surface area contributed by atoms with Gasteiger partial charge in [-0.25, -0.2) is 9.97 Å². The number of nitrogens with one attached hydrogen (secondary N) is 1. The maximum atomic E-state index is 5.65. The lowest BCUT2D eigenvalue weighted by atomic mass is 10.3. The number of hydrogen-bond acceptors (Lipinski definition) is 4. The highest BCUT2D eigenvalue weighted by molar-refractivity contribution is 5.49. The molecular formula is C14H20N4O. The van der Waals surface area contributed by atoms with E-state index in [-0.39, 0.29) is 0 Å². The van der Waals surface area contributed by atoms with Gasteiger partial charge in [0.1, 0.15) is 5.82 Å². The van der Waals surface area contributed by atoms with Gasteiger partial charge in [-0.05, 0) is 18.6 Å². The van der Waals surface area contributed by atoms with Crippen LogP contribution in [0.25, 0.3) is 0 Å². The van der Waals surface area contributed by atoms with Gasteiger partial charge in [0.2, 0.25) is 0 Å². The first-order valence-corrected chi connectivity index (χ1v) is 6.59.